The molecule has 0 fully saturated rings. The lowest BCUT2D eigenvalue weighted by Gasteiger charge is -2.19. The van der Waals surface area contributed by atoms with Crippen molar-refractivity contribution in [1.82, 2.24) is 5.32 Å². The van der Waals surface area contributed by atoms with Crippen molar-refractivity contribution in [2.75, 3.05) is 13.2 Å². The molecule has 0 atom stereocenters. The van der Waals surface area contributed by atoms with Crippen molar-refractivity contribution in [2.45, 2.75) is 39.7 Å². The first-order valence-corrected chi connectivity index (χ1v) is 5.32. The van der Waals surface area contributed by atoms with Crippen LogP contribution < -0.4 is 5.32 Å². The van der Waals surface area contributed by atoms with Crippen molar-refractivity contribution < 1.29 is 23.9 Å². The number of esters is 1. The van der Waals surface area contributed by atoms with Crippen LogP contribution in [0.5, 0.6) is 0 Å². The Morgan fingerprint density at radius 3 is 2.24 bits per heavy atom. The Morgan fingerprint density at radius 2 is 1.76 bits per heavy atom. The summed E-state index contributed by atoms with van der Waals surface area (Å²) in [4.78, 5) is 32.7. The smallest absolute Gasteiger partial charge is 0.407 e. The summed E-state index contributed by atoms with van der Waals surface area (Å²) in [5, 5.41) is 2.42. The highest BCUT2D eigenvalue weighted by Gasteiger charge is 2.15. The summed E-state index contributed by atoms with van der Waals surface area (Å²) in [5.74, 6) is -0.849. The van der Waals surface area contributed by atoms with E-state index in [1.807, 2.05) is 0 Å². The highest BCUT2D eigenvalue weighted by atomic mass is 16.6. The Labute approximate surface area is 101 Å². The fraction of sp³-hybridized carbons (Fsp3) is 0.727. The second kappa shape index (κ2) is 6.88. The molecule has 0 saturated carbocycles. The second-order valence-electron chi connectivity index (χ2n) is 4.53. The first-order valence-electron chi connectivity index (χ1n) is 5.32. The van der Waals surface area contributed by atoms with Gasteiger partial charge in [-0.3, -0.25) is 9.59 Å². The van der Waals surface area contributed by atoms with Gasteiger partial charge in [0.1, 0.15) is 24.4 Å². The van der Waals surface area contributed by atoms with Gasteiger partial charge in [0, 0.05) is 0 Å². The van der Waals surface area contributed by atoms with E-state index in [2.05, 4.69) is 5.32 Å². The first-order chi connectivity index (χ1) is 7.70. The van der Waals surface area contributed by atoms with Crippen molar-refractivity contribution in [3.05, 3.63) is 0 Å². The Morgan fingerprint density at radius 1 is 1.18 bits per heavy atom. The van der Waals surface area contributed by atoms with Gasteiger partial charge in [0.05, 0.1) is 6.54 Å². The zero-order valence-electron chi connectivity index (χ0n) is 10.7. The molecule has 0 unspecified atom stereocenters. The maximum atomic E-state index is 11.2. The predicted molar refractivity (Wildman–Crippen MR) is 60.5 cm³/mol. The largest absolute Gasteiger partial charge is 0.463 e. The van der Waals surface area contributed by atoms with Gasteiger partial charge in [0.25, 0.3) is 0 Å². The van der Waals surface area contributed by atoms with Gasteiger partial charge in [-0.05, 0) is 27.7 Å². The van der Waals surface area contributed by atoms with E-state index in [1.54, 1.807) is 20.8 Å². The molecular formula is C11H19NO5. The fourth-order valence-corrected chi connectivity index (χ4v) is 0.886. The van der Waals surface area contributed by atoms with Crippen LogP contribution in [0.4, 0.5) is 4.79 Å². The van der Waals surface area contributed by atoms with Gasteiger partial charge in [0.15, 0.2) is 0 Å². The number of amides is 1. The Kier molecular flexibility index (Phi) is 6.23. The highest BCUT2D eigenvalue weighted by molar-refractivity contribution is 5.94. The molecule has 6 nitrogen and oxygen atoms in total. The quantitative estimate of drug-likeness (QED) is 0.444. The number of hydrogen-bond donors (Lipinski definition) is 1. The minimum atomic E-state index is -0.594. The van der Waals surface area contributed by atoms with Gasteiger partial charge in [0.2, 0.25) is 0 Å². The number of Topliss-reactive ketones (excluding diaryl/α,β-unsaturated/α-hetero) is 1. The van der Waals surface area contributed by atoms with Crippen molar-refractivity contribution in [2.24, 2.45) is 0 Å². The van der Waals surface area contributed by atoms with Gasteiger partial charge < -0.3 is 14.8 Å². The molecule has 1 N–H and O–H groups in total. The summed E-state index contributed by atoms with van der Waals surface area (Å²) < 4.78 is 9.67. The normalized spacial score (nSPS) is 10.6. The van der Waals surface area contributed by atoms with Gasteiger partial charge in [-0.25, -0.2) is 4.79 Å². The molecule has 1 amide bonds. The topological polar surface area (TPSA) is 81.7 Å². The number of ether oxygens (including phenoxy) is 2. The van der Waals surface area contributed by atoms with E-state index < -0.39 is 17.7 Å². The minimum absolute atomic E-state index is 0.0192. The maximum Gasteiger partial charge on any atom is 0.407 e. The molecule has 0 aliphatic rings. The van der Waals surface area contributed by atoms with Crippen LogP contribution in [0.1, 0.15) is 34.1 Å². The van der Waals surface area contributed by atoms with Crippen molar-refractivity contribution >= 4 is 17.8 Å². The molecule has 0 spiro atoms. The molecule has 0 aromatic rings. The zero-order chi connectivity index (χ0) is 13.5. The molecule has 0 aromatic heterocycles. The SMILES string of the molecule is CC(=O)CC(=O)OCCNC(=O)OC(C)(C)C. The average Bonchev–Trinajstić information content (AvgIpc) is 2.08. The van der Waals surface area contributed by atoms with Gasteiger partial charge in [-0.15, -0.1) is 0 Å². The number of carbonyl (C=O) groups is 3. The number of carbonyl (C=O) groups excluding carboxylic acids is 3. The summed E-state index contributed by atoms with van der Waals surface area (Å²) >= 11 is 0. The van der Waals surface area contributed by atoms with E-state index in [0.717, 1.165) is 0 Å². The lowest BCUT2D eigenvalue weighted by molar-refractivity contribution is -0.145. The van der Waals surface area contributed by atoms with Crippen LogP contribution in [0, 0.1) is 0 Å². The van der Waals surface area contributed by atoms with Gasteiger partial charge >= 0.3 is 12.1 Å². The number of nitrogens with one attached hydrogen (secondary N) is 1. The van der Waals surface area contributed by atoms with Crippen LogP contribution in [0.2, 0.25) is 0 Å². The molecule has 0 saturated heterocycles. The van der Waals surface area contributed by atoms with Crippen LogP contribution >= 0.6 is 0 Å². The molecule has 0 aliphatic carbocycles. The van der Waals surface area contributed by atoms with E-state index in [0.29, 0.717) is 0 Å². The van der Waals surface area contributed by atoms with Crippen LogP contribution in [-0.4, -0.2) is 36.6 Å². The molecule has 0 rings (SSSR count). The summed E-state index contributed by atoms with van der Waals surface area (Å²) in [5.41, 5.74) is -0.560. The Hall–Kier alpha value is -1.59. The summed E-state index contributed by atoms with van der Waals surface area (Å²) in [6.07, 6.45) is -0.813. The van der Waals surface area contributed by atoms with Crippen molar-refractivity contribution in [1.29, 1.82) is 0 Å². The third-order valence-electron chi connectivity index (χ3n) is 1.43. The highest BCUT2D eigenvalue weighted by Crippen LogP contribution is 2.05. The number of hydrogen-bond acceptors (Lipinski definition) is 5. The molecule has 0 aliphatic heterocycles. The lowest BCUT2D eigenvalue weighted by atomic mass is 10.2. The van der Waals surface area contributed by atoms with Crippen molar-refractivity contribution in [3.63, 3.8) is 0 Å². The third-order valence-corrected chi connectivity index (χ3v) is 1.43. The van der Waals surface area contributed by atoms with Crippen LogP contribution in [0.15, 0.2) is 0 Å². The molecule has 0 radical (unpaired) electrons. The Balaban J connectivity index is 3.61. The first kappa shape index (κ1) is 15.4. The second-order valence-corrected chi connectivity index (χ2v) is 4.53. The van der Waals surface area contributed by atoms with E-state index in [1.165, 1.54) is 6.92 Å². The lowest BCUT2D eigenvalue weighted by Crippen LogP contribution is -2.34. The molecule has 0 bridgehead atoms. The molecule has 17 heavy (non-hydrogen) atoms. The fourth-order valence-electron chi connectivity index (χ4n) is 0.886. The molecule has 0 heterocycles. The van der Waals surface area contributed by atoms with Crippen LogP contribution in [0.25, 0.3) is 0 Å². The predicted octanol–water partition coefficient (Wildman–Crippen LogP) is 1.03. The van der Waals surface area contributed by atoms with E-state index >= 15 is 0 Å². The number of alkyl carbamates (subject to hydrolysis) is 1. The van der Waals surface area contributed by atoms with Crippen molar-refractivity contribution in [3.8, 4) is 0 Å². The zero-order valence-corrected chi connectivity index (χ0v) is 10.7. The van der Waals surface area contributed by atoms with Gasteiger partial charge in [-0.1, -0.05) is 0 Å². The number of rotatable bonds is 5. The van der Waals surface area contributed by atoms with Gasteiger partial charge in [-0.2, -0.15) is 0 Å². The summed E-state index contributed by atoms with van der Waals surface area (Å²) in [6, 6.07) is 0. The van der Waals surface area contributed by atoms with E-state index in [4.69, 9.17) is 9.47 Å². The summed E-state index contributed by atoms with van der Waals surface area (Å²) in [7, 11) is 0. The minimum Gasteiger partial charge on any atom is -0.463 e. The molecular weight excluding hydrogens is 226 g/mol. The van der Waals surface area contributed by atoms with Crippen LogP contribution in [-0.2, 0) is 19.1 Å². The molecule has 6 heteroatoms. The number of ketones is 1. The average molecular weight is 245 g/mol. The summed E-state index contributed by atoms with van der Waals surface area (Å²) in [6.45, 7) is 6.72. The Bertz CT molecular complexity index is 293. The maximum absolute atomic E-state index is 11.2. The third kappa shape index (κ3) is 10.7. The molecule has 0 aromatic carbocycles. The van der Waals surface area contributed by atoms with E-state index in [9.17, 15) is 14.4 Å². The monoisotopic (exact) mass is 245 g/mol. The van der Waals surface area contributed by atoms with Crippen LogP contribution in [0.3, 0.4) is 0 Å². The van der Waals surface area contributed by atoms with E-state index in [-0.39, 0.29) is 25.4 Å². The standard InChI is InChI=1S/C11H19NO5/c1-8(13)7-9(14)16-6-5-12-10(15)17-11(2,3)4/h5-7H2,1-4H3,(H,12,15). The molecule has 98 valence electrons.